The minimum Gasteiger partial charge on any atom is -0.355 e. The molecule has 0 atom stereocenters. The smallest absolute Gasteiger partial charge is 0.263 e. The number of carbonyl (C=O) groups excluding carboxylic acids is 1. The summed E-state index contributed by atoms with van der Waals surface area (Å²) < 4.78 is 0. The fourth-order valence-corrected chi connectivity index (χ4v) is 2.88. The second-order valence-electron chi connectivity index (χ2n) is 5.30. The van der Waals surface area contributed by atoms with Crippen LogP contribution in [-0.4, -0.2) is 37.0 Å². The number of hydrogen-bond acceptors (Lipinski definition) is 4. The predicted molar refractivity (Wildman–Crippen MR) is 98.6 cm³/mol. The van der Waals surface area contributed by atoms with Crippen molar-refractivity contribution in [2.24, 2.45) is 4.99 Å². The SMILES string of the molecule is CN=C(NCCNC(=O)c1scnc1C)NCc1ccccc1C. The Bertz CT molecular complexity index is 711. The average Bonchev–Trinajstić information content (AvgIpc) is 3.01. The molecule has 0 unspecified atom stereocenters. The highest BCUT2D eigenvalue weighted by Crippen LogP contribution is 2.11. The van der Waals surface area contributed by atoms with Gasteiger partial charge in [0.2, 0.25) is 0 Å². The molecule has 1 heterocycles. The molecule has 1 aromatic heterocycles. The van der Waals surface area contributed by atoms with Gasteiger partial charge in [0, 0.05) is 26.7 Å². The summed E-state index contributed by atoms with van der Waals surface area (Å²) in [6.45, 7) is 5.74. The normalized spacial score (nSPS) is 11.2. The Kier molecular flexibility index (Phi) is 6.74. The van der Waals surface area contributed by atoms with Gasteiger partial charge in [-0.1, -0.05) is 24.3 Å². The van der Waals surface area contributed by atoms with E-state index in [4.69, 9.17) is 0 Å². The maximum absolute atomic E-state index is 12.0. The number of benzene rings is 1. The first kappa shape index (κ1) is 17.9. The maximum atomic E-state index is 12.0. The highest BCUT2D eigenvalue weighted by molar-refractivity contribution is 7.11. The maximum Gasteiger partial charge on any atom is 0.263 e. The van der Waals surface area contributed by atoms with Gasteiger partial charge in [-0.3, -0.25) is 9.79 Å². The van der Waals surface area contributed by atoms with Gasteiger partial charge in [-0.25, -0.2) is 4.98 Å². The van der Waals surface area contributed by atoms with Crippen molar-refractivity contribution in [3.63, 3.8) is 0 Å². The van der Waals surface area contributed by atoms with Gasteiger partial charge in [-0.15, -0.1) is 11.3 Å². The molecule has 24 heavy (non-hydrogen) atoms. The molecule has 0 radical (unpaired) electrons. The largest absolute Gasteiger partial charge is 0.355 e. The number of thiazole rings is 1. The standard InChI is InChI=1S/C17H23N5OS/c1-12-6-4-5-7-14(12)10-21-17(18-3)20-9-8-19-16(23)15-13(2)22-11-24-15/h4-7,11H,8-10H2,1-3H3,(H,19,23)(H2,18,20,21). The van der Waals surface area contributed by atoms with Crippen molar-refractivity contribution in [1.82, 2.24) is 20.9 Å². The Morgan fingerprint density at radius 1 is 1.17 bits per heavy atom. The number of guanidine groups is 1. The van der Waals surface area contributed by atoms with Crippen molar-refractivity contribution in [2.45, 2.75) is 20.4 Å². The number of amides is 1. The van der Waals surface area contributed by atoms with Crippen LogP contribution in [0.15, 0.2) is 34.8 Å². The van der Waals surface area contributed by atoms with Crippen LogP contribution in [0.2, 0.25) is 0 Å². The molecule has 128 valence electrons. The Hall–Kier alpha value is -2.41. The Labute approximate surface area is 146 Å². The van der Waals surface area contributed by atoms with E-state index in [9.17, 15) is 4.79 Å². The molecule has 0 aliphatic rings. The average molecular weight is 345 g/mol. The van der Waals surface area contributed by atoms with Gasteiger partial charge in [-0.05, 0) is 25.0 Å². The molecule has 0 bridgehead atoms. The summed E-state index contributed by atoms with van der Waals surface area (Å²) in [4.78, 5) is 20.9. The number of aliphatic imine (C=N–C) groups is 1. The van der Waals surface area contributed by atoms with Crippen molar-refractivity contribution in [2.75, 3.05) is 20.1 Å². The Morgan fingerprint density at radius 2 is 1.92 bits per heavy atom. The van der Waals surface area contributed by atoms with Crippen LogP contribution in [0.1, 0.15) is 26.5 Å². The van der Waals surface area contributed by atoms with Gasteiger partial charge in [0.1, 0.15) is 4.88 Å². The minimum atomic E-state index is -0.0837. The van der Waals surface area contributed by atoms with E-state index in [1.54, 1.807) is 12.6 Å². The highest BCUT2D eigenvalue weighted by Gasteiger charge is 2.10. The zero-order valence-electron chi connectivity index (χ0n) is 14.2. The number of nitrogens with zero attached hydrogens (tertiary/aromatic N) is 2. The molecule has 0 aliphatic carbocycles. The lowest BCUT2D eigenvalue weighted by molar-refractivity contribution is 0.0957. The lowest BCUT2D eigenvalue weighted by atomic mass is 10.1. The summed E-state index contributed by atoms with van der Waals surface area (Å²) in [7, 11) is 1.73. The van der Waals surface area contributed by atoms with Crippen LogP contribution in [0.25, 0.3) is 0 Å². The van der Waals surface area contributed by atoms with Crippen molar-refractivity contribution in [3.05, 3.63) is 51.5 Å². The molecule has 0 saturated carbocycles. The summed E-state index contributed by atoms with van der Waals surface area (Å²) in [5.74, 6) is 0.626. The molecular formula is C17H23N5OS. The quantitative estimate of drug-likeness (QED) is 0.424. The van der Waals surface area contributed by atoms with E-state index in [0.717, 1.165) is 5.69 Å². The number of carbonyl (C=O) groups is 1. The second-order valence-corrected chi connectivity index (χ2v) is 6.16. The first-order valence-electron chi connectivity index (χ1n) is 7.79. The zero-order chi connectivity index (χ0) is 17.4. The fourth-order valence-electron chi connectivity index (χ4n) is 2.17. The summed E-state index contributed by atoms with van der Waals surface area (Å²) >= 11 is 1.35. The van der Waals surface area contributed by atoms with E-state index in [0.29, 0.717) is 30.5 Å². The third kappa shape index (κ3) is 5.06. The molecule has 2 rings (SSSR count). The zero-order valence-corrected chi connectivity index (χ0v) is 15.0. The molecule has 3 N–H and O–H groups in total. The molecule has 6 nitrogen and oxygen atoms in total. The summed E-state index contributed by atoms with van der Waals surface area (Å²) in [6, 6.07) is 8.23. The van der Waals surface area contributed by atoms with Crippen molar-refractivity contribution >= 4 is 23.2 Å². The van der Waals surface area contributed by atoms with Gasteiger partial charge in [0.15, 0.2) is 5.96 Å². The third-order valence-corrected chi connectivity index (χ3v) is 4.51. The van der Waals surface area contributed by atoms with Crippen molar-refractivity contribution in [3.8, 4) is 0 Å². The molecule has 1 aromatic carbocycles. The number of rotatable bonds is 6. The minimum absolute atomic E-state index is 0.0837. The van der Waals surface area contributed by atoms with Gasteiger partial charge in [-0.2, -0.15) is 0 Å². The van der Waals surface area contributed by atoms with Crippen molar-refractivity contribution in [1.29, 1.82) is 0 Å². The molecule has 0 fully saturated rings. The second kappa shape index (κ2) is 9.02. The highest BCUT2D eigenvalue weighted by atomic mass is 32.1. The van der Waals surface area contributed by atoms with E-state index in [1.807, 2.05) is 19.1 Å². The van der Waals surface area contributed by atoms with Gasteiger partial charge >= 0.3 is 0 Å². The van der Waals surface area contributed by atoms with Gasteiger partial charge in [0.05, 0.1) is 11.2 Å². The number of aryl methyl sites for hydroxylation is 2. The van der Waals surface area contributed by atoms with Gasteiger partial charge < -0.3 is 16.0 Å². The van der Waals surface area contributed by atoms with E-state index in [2.05, 4.69) is 45.0 Å². The van der Waals surface area contributed by atoms with Crippen LogP contribution in [0, 0.1) is 13.8 Å². The molecule has 7 heteroatoms. The molecule has 2 aromatic rings. The number of aromatic nitrogens is 1. The topological polar surface area (TPSA) is 78.4 Å². The van der Waals surface area contributed by atoms with Crippen LogP contribution < -0.4 is 16.0 Å². The van der Waals surface area contributed by atoms with Crippen LogP contribution in [0.3, 0.4) is 0 Å². The monoisotopic (exact) mass is 345 g/mol. The first-order valence-corrected chi connectivity index (χ1v) is 8.67. The lowest BCUT2D eigenvalue weighted by Gasteiger charge is -2.13. The van der Waals surface area contributed by atoms with Crippen LogP contribution in [0.5, 0.6) is 0 Å². The van der Waals surface area contributed by atoms with E-state index < -0.39 is 0 Å². The number of nitrogens with one attached hydrogen (secondary N) is 3. The summed E-state index contributed by atoms with van der Waals surface area (Å²) in [5.41, 5.74) is 4.92. The molecule has 0 spiro atoms. The third-order valence-electron chi connectivity index (χ3n) is 3.59. The van der Waals surface area contributed by atoms with E-state index >= 15 is 0 Å². The van der Waals surface area contributed by atoms with Gasteiger partial charge in [0.25, 0.3) is 5.91 Å². The van der Waals surface area contributed by atoms with Crippen LogP contribution in [-0.2, 0) is 6.54 Å². The van der Waals surface area contributed by atoms with E-state index in [-0.39, 0.29) is 5.91 Å². The summed E-state index contributed by atoms with van der Waals surface area (Å²) in [6.07, 6.45) is 0. The van der Waals surface area contributed by atoms with Crippen LogP contribution >= 0.6 is 11.3 Å². The predicted octanol–water partition coefficient (Wildman–Crippen LogP) is 1.85. The van der Waals surface area contributed by atoms with Crippen molar-refractivity contribution < 1.29 is 4.79 Å². The Morgan fingerprint density at radius 3 is 2.58 bits per heavy atom. The molecule has 1 amide bonds. The van der Waals surface area contributed by atoms with Crippen LogP contribution in [0.4, 0.5) is 0 Å². The molecule has 0 aliphatic heterocycles. The Balaban J connectivity index is 1.71. The lowest BCUT2D eigenvalue weighted by Crippen LogP contribution is -2.41. The molecular weight excluding hydrogens is 322 g/mol. The first-order chi connectivity index (χ1) is 11.6. The number of hydrogen-bond donors (Lipinski definition) is 3. The van der Waals surface area contributed by atoms with E-state index in [1.165, 1.54) is 22.5 Å². The molecule has 0 saturated heterocycles. The fraction of sp³-hybridized carbons (Fsp3) is 0.353. The summed E-state index contributed by atoms with van der Waals surface area (Å²) in [5, 5.41) is 9.33.